The molecule has 0 radical (unpaired) electrons. The number of hydrogen-bond donors (Lipinski definition) is 0. The van der Waals surface area contributed by atoms with E-state index in [0.29, 0.717) is 12.5 Å². The number of imide groups is 1. The average Bonchev–Trinajstić information content (AvgIpc) is 3.23. The van der Waals surface area contributed by atoms with E-state index in [4.69, 9.17) is 4.74 Å². The van der Waals surface area contributed by atoms with Crippen molar-refractivity contribution in [2.24, 2.45) is 4.99 Å². The first-order chi connectivity index (χ1) is 13.9. The Morgan fingerprint density at radius 2 is 1.90 bits per heavy atom. The monoisotopic (exact) mass is 397 g/mol. The molecule has 9 nitrogen and oxygen atoms in total. The Bertz CT molecular complexity index is 913. The van der Waals surface area contributed by atoms with Gasteiger partial charge in [0.15, 0.2) is 12.2 Å². The molecule has 0 spiro atoms. The van der Waals surface area contributed by atoms with Gasteiger partial charge in [-0.1, -0.05) is 30.3 Å². The van der Waals surface area contributed by atoms with E-state index in [9.17, 15) is 14.4 Å². The summed E-state index contributed by atoms with van der Waals surface area (Å²) in [6.07, 6.45) is 1.25. The number of likely N-dealkylation sites (N-methyl/N-ethyl adjacent to an activating group) is 1. The van der Waals surface area contributed by atoms with E-state index in [1.54, 1.807) is 11.9 Å². The first kappa shape index (κ1) is 19.0. The van der Waals surface area contributed by atoms with Crippen molar-refractivity contribution in [1.29, 1.82) is 0 Å². The average molecular weight is 397 g/mol. The highest BCUT2D eigenvalue weighted by Crippen LogP contribution is 2.33. The van der Waals surface area contributed by atoms with Crippen molar-refractivity contribution in [3.63, 3.8) is 0 Å². The lowest BCUT2D eigenvalue weighted by Gasteiger charge is -2.39. The summed E-state index contributed by atoms with van der Waals surface area (Å²) in [4.78, 5) is 48.9. The van der Waals surface area contributed by atoms with Crippen molar-refractivity contribution >= 4 is 23.9 Å². The summed E-state index contributed by atoms with van der Waals surface area (Å²) in [5.74, 6) is -0.429. The zero-order valence-corrected chi connectivity index (χ0v) is 16.6. The van der Waals surface area contributed by atoms with Crippen LogP contribution in [0.5, 0.6) is 0 Å². The molecule has 1 fully saturated rings. The summed E-state index contributed by atoms with van der Waals surface area (Å²) in [6, 6.07) is 8.00. The molecule has 0 aromatic heterocycles. The highest BCUT2D eigenvalue weighted by Gasteiger charge is 2.54. The molecule has 0 bridgehead atoms. The van der Waals surface area contributed by atoms with Crippen LogP contribution in [-0.2, 0) is 20.9 Å². The molecule has 2 atom stereocenters. The van der Waals surface area contributed by atoms with E-state index in [1.165, 1.54) is 4.90 Å². The second-order valence-corrected chi connectivity index (χ2v) is 7.17. The Hall–Kier alpha value is -3.36. The molecule has 2 unspecified atom stereocenters. The standard InChI is InChI=1S/C20H23N5O4/c1-4-23-13(2)10-24-16-17(21-19(23)24)22(3)20(28)25(18(16)27)11-15(26)29-12-14-8-6-5-7-9-14/h5-10,16-17H,4,11-12H2,1-3H3. The maximum absolute atomic E-state index is 13.1. The Labute approximate surface area is 168 Å². The molecule has 0 aliphatic carbocycles. The van der Waals surface area contributed by atoms with Crippen LogP contribution in [0.2, 0.25) is 0 Å². The molecular formula is C20H23N5O4. The molecule has 3 amide bonds. The number of fused-ring (bicyclic) bond motifs is 3. The molecule has 3 heterocycles. The van der Waals surface area contributed by atoms with Crippen molar-refractivity contribution in [2.45, 2.75) is 32.7 Å². The maximum Gasteiger partial charge on any atom is 0.328 e. The smallest absolute Gasteiger partial charge is 0.328 e. The molecule has 9 heteroatoms. The third-order valence-corrected chi connectivity index (χ3v) is 5.35. The lowest BCUT2D eigenvalue weighted by atomic mass is 10.1. The number of allylic oxidation sites excluding steroid dienone is 1. The van der Waals surface area contributed by atoms with E-state index < -0.39 is 36.7 Å². The van der Waals surface area contributed by atoms with Gasteiger partial charge in [-0.15, -0.1) is 0 Å². The number of nitrogens with zero attached hydrogens (tertiary/aromatic N) is 5. The minimum Gasteiger partial charge on any atom is -0.459 e. The van der Waals surface area contributed by atoms with Gasteiger partial charge in [0.05, 0.1) is 0 Å². The molecule has 3 aliphatic heterocycles. The highest BCUT2D eigenvalue weighted by atomic mass is 16.5. The fourth-order valence-corrected chi connectivity index (χ4v) is 3.85. The van der Waals surface area contributed by atoms with Gasteiger partial charge in [-0.3, -0.25) is 14.5 Å². The number of carbonyl (C=O) groups excluding carboxylic acids is 3. The van der Waals surface area contributed by atoms with E-state index in [-0.39, 0.29) is 6.61 Å². The predicted molar refractivity (Wildman–Crippen MR) is 104 cm³/mol. The van der Waals surface area contributed by atoms with Gasteiger partial charge in [0.25, 0.3) is 5.91 Å². The van der Waals surface area contributed by atoms with Crippen LogP contribution < -0.4 is 0 Å². The number of aliphatic imine (C=N–C) groups is 1. The summed E-state index contributed by atoms with van der Waals surface area (Å²) in [5.41, 5.74) is 1.81. The lowest BCUT2D eigenvalue weighted by Crippen LogP contribution is -2.65. The SMILES string of the molecule is CCN1C(C)=CN2C1=NC1C2C(=O)N(CC(=O)OCc2ccccc2)C(=O)N1C. The van der Waals surface area contributed by atoms with Crippen molar-refractivity contribution in [3.05, 3.63) is 47.8 Å². The fourth-order valence-electron chi connectivity index (χ4n) is 3.85. The number of esters is 1. The topological polar surface area (TPSA) is 85.8 Å². The maximum atomic E-state index is 13.1. The minimum atomic E-state index is -0.680. The summed E-state index contributed by atoms with van der Waals surface area (Å²) in [5, 5.41) is 0. The number of carbonyl (C=O) groups is 3. The molecule has 0 saturated carbocycles. The molecule has 4 rings (SSSR count). The summed E-state index contributed by atoms with van der Waals surface area (Å²) < 4.78 is 5.25. The summed E-state index contributed by atoms with van der Waals surface area (Å²) >= 11 is 0. The van der Waals surface area contributed by atoms with Crippen LogP contribution in [0.15, 0.2) is 47.2 Å². The zero-order valence-electron chi connectivity index (χ0n) is 16.6. The minimum absolute atomic E-state index is 0.0879. The highest BCUT2D eigenvalue weighted by molar-refractivity contribution is 6.06. The van der Waals surface area contributed by atoms with E-state index in [1.807, 2.05) is 55.3 Å². The Kier molecular flexibility index (Phi) is 4.73. The number of urea groups is 1. The van der Waals surface area contributed by atoms with Crippen LogP contribution in [-0.4, -0.2) is 75.8 Å². The van der Waals surface area contributed by atoms with Crippen LogP contribution in [0.25, 0.3) is 0 Å². The predicted octanol–water partition coefficient (Wildman–Crippen LogP) is 1.19. The first-order valence-electron chi connectivity index (χ1n) is 9.52. The molecule has 0 N–H and O–H groups in total. The van der Waals surface area contributed by atoms with Crippen molar-refractivity contribution in [2.75, 3.05) is 20.1 Å². The van der Waals surface area contributed by atoms with Gasteiger partial charge in [-0.05, 0) is 19.4 Å². The van der Waals surface area contributed by atoms with Gasteiger partial charge >= 0.3 is 12.0 Å². The third kappa shape index (κ3) is 3.12. The quantitative estimate of drug-likeness (QED) is 0.694. The molecule has 1 aromatic carbocycles. The number of amides is 3. The van der Waals surface area contributed by atoms with Gasteiger partial charge in [-0.2, -0.15) is 0 Å². The third-order valence-electron chi connectivity index (χ3n) is 5.35. The van der Waals surface area contributed by atoms with Gasteiger partial charge in [0.1, 0.15) is 13.2 Å². The van der Waals surface area contributed by atoms with Crippen LogP contribution in [0.4, 0.5) is 4.79 Å². The van der Waals surface area contributed by atoms with Crippen molar-refractivity contribution in [1.82, 2.24) is 19.6 Å². The fraction of sp³-hybridized carbons (Fsp3) is 0.400. The van der Waals surface area contributed by atoms with Gasteiger partial charge in [0.2, 0.25) is 5.96 Å². The van der Waals surface area contributed by atoms with E-state index >= 15 is 0 Å². The number of hydrogen-bond acceptors (Lipinski definition) is 7. The molecular weight excluding hydrogens is 374 g/mol. The Morgan fingerprint density at radius 3 is 2.59 bits per heavy atom. The van der Waals surface area contributed by atoms with Crippen molar-refractivity contribution < 1.29 is 19.1 Å². The molecule has 152 valence electrons. The number of ether oxygens (including phenoxy) is 1. The van der Waals surface area contributed by atoms with Gasteiger partial charge in [0, 0.05) is 25.5 Å². The molecule has 1 aromatic rings. The Morgan fingerprint density at radius 1 is 1.17 bits per heavy atom. The van der Waals surface area contributed by atoms with Crippen LogP contribution in [0.1, 0.15) is 19.4 Å². The number of guanidine groups is 1. The van der Waals surface area contributed by atoms with Gasteiger partial charge < -0.3 is 19.4 Å². The summed E-state index contributed by atoms with van der Waals surface area (Å²) in [6.45, 7) is 4.31. The lowest BCUT2D eigenvalue weighted by molar-refractivity contribution is -0.151. The van der Waals surface area contributed by atoms with Crippen LogP contribution in [0, 0.1) is 0 Å². The van der Waals surface area contributed by atoms with Crippen LogP contribution >= 0.6 is 0 Å². The number of rotatable bonds is 5. The second-order valence-electron chi connectivity index (χ2n) is 7.17. The van der Waals surface area contributed by atoms with E-state index in [2.05, 4.69) is 4.99 Å². The molecule has 29 heavy (non-hydrogen) atoms. The van der Waals surface area contributed by atoms with E-state index in [0.717, 1.165) is 16.2 Å². The first-order valence-corrected chi connectivity index (χ1v) is 9.52. The molecule has 3 aliphatic rings. The normalized spacial score (nSPS) is 23.1. The zero-order chi connectivity index (χ0) is 20.7. The summed E-state index contributed by atoms with van der Waals surface area (Å²) in [7, 11) is 1.59. The van der Waals surface area contributed by atoms with Crippen LogP contribution in [0.3, 0.4) is 0 Å². The largest absolute Gasteiger partial charge is 0.459 e. The van der Waals surface area contributed by atoms with Gasteiger partial charge in [-0.25, -0.2) is 9.79 Å². The van der Waals surface area contributed by atoms with Crippen molar-refractivity contribution in [3.8, 4) is 0 Å². The number of benzene rings is 1. The second kappa shape index (κ2) is 7.23. The molecule has 1 saturated heterocycles. The Balaban J connectivity index is 1.48.